The Morgan fingerprint density at radius 2 is 1.82 bits per heavy atom. The second-order valence-corrected chi connectivity index (χ2v) is 8.66. The van der Waals surface area contributed by atoms with Crippen LogP contribution in [0.5, 0.6) is 0 Å². The minimum absolute atomic E-state index is 0.00808. The van der Waals surface area contributed by atoms with Gasteiger partial charge in [-0.3, -0.25) is 9.52 Å². The van der Waals surface area contributed by atoms with Crippen LogP contribution in [0.3, 0.4) is 0 Å². The van der Waals surface area contributed by atoms with E-state index in [-0.39, 0.29) is 21.7 Å². The first-order chi connectivity index (χ1) is 10.0. The number of aromatic nitrogens is 2. The molecule has 22 heavy (non-hydrogen) atoms. The summed E-state index contributed by atoms with van der Waals surface area (Å²) in [6.07, 6.45) is 0.894. The molecule has 0 atom stereocenters. The normalized spacial score (nSPS) is 12.7. The molecule has 2 aromatic rings. The monoisotopic (exact) mass is 346 g/mol. The van der Waals surface area contributed by atoms with Crippen molar-refractivity contribution in [3.05, 3.63) is 28.6 Å². The summed E-state index contributed by atoms with van der Waals surface area (Å²) in [5.41, 5.74) is -0.326. The van der Waals surface area contributed by atoms with Gasteiger partial charge in [-0.05, 0) is 18.2 Å². The van der Waals surface area contributed by atoms with Gasteiger partial charge in [-0.15, -0.1) is 0 Å². The predicted octanol–water partition coefficient (Wildman–Crippen LogP) is -0.455. The van der Waals surface area contributed by atoms with Crippen LogP contribution in [-0.4, -0.2) is 51.5 Å². The Bertz CT molecular complexity index is 993. The molecule has 0 spiro atoms. The Labute approximate surface area is 127 Å². The van der Waals surface area contributed by atoms with E-state index in [1.807, 2.05) is 4.72 Å². The van der Waals surface area contributed by atoms with Gasteiger partial charge in [0.15, 0.2) is 0 Å². The first-order valence-corrected chi connectivity index (χ1v) is 9.28. The topological polar surface area (TPSA) is 129 Å². The lowest BCUT2D eigenvalue weighted by Gasteiger charge is -2.11. The van der Waals surface area contributed by atoms with Crippen LogP contribution < -0.4 is 10.3 Å². The minimum Gasteiger partial charge on any atom is -0.317 e. The molecule has 0 aliphatic rings. The lowest BCUT2D eigenvalue weighted by atomic mass is 10.3. The average Bonchev–Trinajstić information content (AvgIpc) is 2.37. The van der Waals surface area contributed by atoms with Gasteiger partial charge in [0.05, 0.1) is 22.2 Å². The number of anilines is 1. The van der Waals surface area contributed by atoms with E-state index in [9.17, 15) is 21.6 Å². The number of fused-ring (bicyclic) bond motifs is 1. The van der Waals surface area contributed by atoms with Crippen molar-refractivity contribution in [2.75, 3.05) is 25.1 Å². The fraction of sp³-hybridized carbons (Fsp3) is 0.273. The maximum Gasteiger partial charge on any atom is 0.292 e. The summed E-state index contributed by atoms with van der Waals surface area (Å²) >= 11 is 0. The van der Waals surface area contributed by atoms with Gasteiger partial charge in [0.1, 0.15) is 0 Å². The summed E-state index contributed by atoms with van der Waals surface area (Å²) in [6, 6.07) is 3.98. The summed E-state index contributed by atoms with van der Waals surface area (Å²) in [6.45, 7) is 0. The zero-order chi connectivity index (χ0) is 16.7. The zero-order valence-corrected chi connectivity index (χ0v) is 13.6. The lowest BCUT2D eigenvalue weighted by Crippen LogP contribution is -2.23. The summed E-state index contributed by atoms with van der Waals surface area (Å²) in [5, 5.41) is 0. The number of rotatable bonds is 4. The predicted molar refractivity (Wildman–Crippen MR) is 81.7 cm³/mol. The largest absolute Gasteiger partial charge is 0.317 e. The molecule has 0 amide bonds. The first kappa shape index (κ1) is 16.4. The van der Waals surface area contributed by atoms with Crippen molar-refractivity contribution in [3.63, 3.8) is 0 Å². The van der Waals surface area contributed by atoms with Crippen molar-refractivity contribution < 1.29 is 16.8 Å². The van der Waals surface area contributed by atoms with Gasteiger partial charge in [0.25, 0.3) is 5.56 Å². The molecule has 1 aromatic heterocycles. The fourth-order valence-corrected chi connectivity index (χ4v) is 3.10. The van der Waals surface area contributed by atoms with Crippen LogP contribution in [0, 0.1) is 0 Å². The van der Waals surface area contributed by atoms with E-state index in [0.717, 1.165) is 10.6 Å². The third-order valence-corrected chi connectivity index (χ3v) is 5.10. The molecule has 0 fully saturated rings. The van der Waals surface area contributed by atoms with E-state index in [1.54, 1.807) is 0 Å². The molecule has 0 saturated carbocycles. The molecule has 0 unspecified atom stereocenters. The standard InChI is InChI=1S/C11H14N4O5S2/c1-15(2)22(19,20)7-4-5-8-9(6-7)13-11(16)10(12-8)14-21(3,17)18/h4-6H,1-3H3,(H,12,14)(H,13,16). The molecule has 9 nitrogen and oxygen atoms in total. The Hall–Kier alpha value is -1.98. The van der Waals surface area contributed by atoms with Crippen LogP contribution >= 0.6 is 0 Å². The molecule has 0 saturated heterocycles. The summed E-state index contributed by atoms with van der Waals surface area (Å²) in [7, 11) is -4.52. The van der Waals surface area contributed by atoms with E-state index in [2.05, 4.69) is 9.97 Å². The number of H-pyrrole nitrogens is 1. The fourth-order valence-electron chi connectivity index (χ4n) is 1.68. The quantitative estimate of drug-likeness (QED) is 0.771. The van der Waals surface area contributed by atoms with Crippen LogP contribution in [0.1, 0.15) is 0 Å². The molecule has 120 valence electrons. The molecule has 0 aliphatic heterocycles. The summed E-state index contributed by atoms with van der Waals surface area (Å²) in [5.74, 6) is -0.377. The zero-order valence-electron chi connectivity index (χ0n) is 12.0. The average molecular weight is 346 g/mol. The second-order valence-electron chi connectivity index (χ2n) is 4.76. The Morgan fingerprint density at radius 3 is 2.36 bits per heavy atom. The number of hydrogen-bond acceptors (Lipinski definition) is 6. The maximum atomic E-state index is 12.0. The number of hydrogen-bond donors (Lipinski definition) is 2. The van der Waals surface area contributed by atoms with Gasteiger partial charge < -0.3 is 4.98 Å². The molecule has 2 N–H and O–H groups in total. The molecule has 11 heteroatoms. The molecular weight excluding hydrogens is 332 g/mol. The van der Waals surface area contributed by atoms with Crippen LogP contribution in [0.25, 0.3) is 11.0 Å². The van der Waals surface area contributed by atoms with Crippen LogP contribution in [0.4, 0.5) is 5.82 Å². The Balaban J connectivity index is 2.63. The van der Waals surface area contributed by atoms with Gasteiger partial charge in [0, 0.05) is 14.1 Å². The van der Waals surface area contributed by atoms with Crippen molar-refractivity contribution in [1.82, 2.24) is 14.3 Å². The summed E-state index contributed by atoms with van der Waals surface area (Å²) in [4.78, 5) is 18.1. The van der Waals surface area contributed by atoms with Gasteiger partial charge in [-0.25, -0.2) is 26.1 Å². The first-order valence-electron chi connectivity index (χ1n) is 5.95. The SMILES string of the molecule is CN(C)S(=O)(=O)c1ccc2nc(NS(C)(=O)=O)c(=O)[nH]c2c1. The van der Waals surface area contributed by atoms with Gasteiger partial charge in [-0.2, -0.15) is 0 Å². The molecule has 1 heterocycles. The van der Waals surface area contributed by atoms with Crippen LogP contribution in [0.15, 0.2) is 27.9 Å². The van der Waals surface area contributed by atoms with Crippen molar-refractivity contribution >= 4 is 36.9 Å². The highest BCUT2D eigenvalue weighted by Crippen LogP contribution is 2.18. The number of nitrogens with one attached hydrogen (secondary N) is 2. The lowest BCUT2D eigenvalue weighted by molar-refractivity contribution is 0.521. The smallest absolute Gasteiger partial charge is 0.292 e. The van der Waals surface area contributed by atoms with Crippen molar-refractivity contribution in [3.8, 4) is 0 Å². The van der Waals surface area contributed by atoms with Gasteiger partial charge in [-0.1, -0.05) is 0 Å². The van der Waals surface area contributed by atoms with E-state index in [1.165, 1.54) is 32.3 Å². The number of aromatic amines is 1. The minimum atomic E-state index is -3.65. The molecule has 0 radical (unpaired) electrons. The molecule has 0 bridgehead atoms. The number of nitrogens with zero attached hydrogens (tertiary/aromatic N) is 2. The Kier molecular flexibility index (Phi) is 3.98. The molecule has 1 aromatic carbocycles. The molecular formula is C11H14N4O5S2. The number of sulfonamides is 2. The van der Waals surface area contributed by atoms with Crippen molar-refractivity contribution in [2.45, 2.75) is 4.90 Å². The van der Waals surface area contributed by atoms with E-state index in [4.69, 9.17) is 0 Å². The van der Waals surface area contributed by atoms with Crippen LogP contribution in [0.2, 0.25) is 0 Å². The van der Waals surface area contributed by atoms with Crippen molar-refractivity contribution in [2.24, 2.45) is 0 Å². The molecule has 0 aliphatic carbocycles. The highest BCUT2D eigenvalue weighted by molar-refractivity contribution is 7.92. The van der Waals surface area contributed by atoms with E-state index >= 15 is 0 Å². The van der Waals surface area contributed by atoms with Gasteiger partial charge >= 0.3 is 0 Å². The second kappa shape index (κ2) is 5.34. The van der Waals surface area contributed by atoms with Crippen LogP contribution in [-0.2, 0) is 20.0 Å². The third kappa shape index (κ3) is 3.26. The summed E-state index contributed by atoms with van der Waals surface area (Å²) < 4.78 is 49.4. The highest BCUT2D eigenvalue weighted by Gasteiger charge is 2.18. The van der Waals surface area contributed by atoms with Crippen molar-refractivity contribution in [1.29, 1.82) is 0 Å². The number of benzene rings is 1. The maximum absolute atomic E-state index is 12.0. The van der Waals surface area contributed by atoms with E-state index in [0.29, 0.717) is 0 Å². The molecule has 2 rings (SSSR count). The Morgan fingerprint density at radius 1 is 1.18 bits per heavy atom. The third-order valence-electron chi connectivity index (χ3n) is 2.72. The highest BCUT2D eigenvalue weighted by atomic mass is 32.2. The van der Waals surface area contributed by atoms with E-state index < -0.39 is 25.6 Å². The van der Waals surface area contributed by atoms with Gasteiger partial charge in [0.2, 0.25) is 25.9 Å².